The van der Waals surface area contributed by atoms with E-state index in [-0.39, 0.29) is 0 Å². The lowest BCUT2D eigenvalue weighted by atomic mass is 10.5. The molecule has 0 amide bonds. The first-order valence-corrected chi connectivity index (χ1v) is 6.00. The Morgan fingerprint density at radius 2 is 2.07 bits per heavy atom. The van der Waals surface area contributed by atoms with Crippen molar-refractivity contribution in [2.24, 2.45) is 0 Å². The van der Waals surface area contributed by atoms with E-state index in [9.17, 15) is 5.21 Å². The van der Waals surface area contributed by atoms with E-state index in [1.165, 1.54) is 6.20 Å². The summed E-state index contributed by atoms with van der Waals surface area (Å²) < 4.78 is 0.827. The smallest absolute Gasteiger partial charge is 0.195 e. The standard InChI is InChI=1S/C10H6N2OS2/c13-12-5-3-7-9(6-12)14-8-2-1-4-11-10(8)15-7/h1-6H. The van der Waals surface area contributed by atoms with Gasteiger partial charge in [0.1, 0.15) is 5.03 Å². The third-order valence-electron chi connectivity index (χ3n) is 2.02. The second-order valence-corrected chi connectivity index (χ2v) is 5.16. The molecule has 2 aromatic rings. The molecule has 0 N–H and O–H groups in total. The average Bonchev–Trinajstić information content (AvgIpc) is 2.26. The predicted octanol–water partition coefficient (Wildman–Crippen LogP) is 2.33. The highest BCUT2D eigenvalue weighted by Crippen LogP contribution is 2.46. The number of hydrogen-bond acceptors (Lipinski definition) is 4. The number of pyridine rings is 2. The molecule has 74 valence electrons. The summed E-state index contributed by atoms with van der Waals surface area (Å²) in [6.45, 7) is 0. The van der Waals surface area contributed by atoms with Gasteiger partial charge in [0.15, 0.2) is 12.4 Å². The van der Waals surface area contributed by atoms with Crippen molar-refractivity contribution in [1.82, 2.24) is 4.98 Å². The van der Waals surface area contributed by atoms with Crippen molar-refractivity contribution in [2.45, 2.75) is 19.7 Å². The summed E-state index contributed by atoms with van der Waals surface area (Å²) in [5.74, 6) is 0. The summed E-state index contributed by atoms with van der Waals surface area (Å²) >= 11 is 3.20. The Morgan fingerprint density at radius 1 is 1.13 bits per heavy atom. The van der Waals surface area contributed by atoms with Crippen LogP contribution in [0.15, 0.2) is 56.5 Å². The minimum atomic E-state index is 0.827. The van der Waals surface area contributed by atoms with Crippen molar-refractivity contribution in [3.8, 4) is 0 Å². The Labute approximate surface area is 95.1 Å². The van der Waals surface area contributed by atoms with Gasteiger partial charge >= 0.3 is 0 Å². The number of fused-ring (bicyclic) bond motifs is 2. The van der Waals surface area contributed by atoms with Gasteiger partial charge < -0.3 is 5.21 Å². The van der Waals surface area contributed by atoms with Gasteiger partial charge in [-0.2, -0.15) is 4.73 Å². The van der Waals surface area contributed by atoms with E-state index in [0.717, 1.165) is 24.4 Å². The highest BCUT2D eigenvalue weighted by Gasteiger charge is 2.19. The van der Waals surface area contributed by atoms with E-state index in [0.29, 0.717) is 0 Å². The van der Waals surface area contributed by atoms with E-state index < -0.39 is 0 Å². The van der Waals surface area contributed by atoms with Crippen LogP contribution in [0.25, 0.3) is 0 Å². The second kappa shape index (κ2) is 3.43. The molecule has 0 spiro atoms. The maximum atomic E-state index is 11.1. The fourth-order valence-electron chi connectivity index (χ4n) is 1.36. The summed E-state index contributed by atoms with van der Waals surface area (Å²) in [5, 5.41) is 12.1. The molecule has 0 saturated carbocycles. The number of hydrogen-bond donors (Lipinski definition) is 0. The van der Waals surface area contributed by atoms with Gasteiger partial charge in [0.05, 0.1) is 4.90 Å². The van der Waals surface area contributed by atoms with Crippen molar-refractivity contribution in [1.29, 1.82) is 0 Å². The van der Waals surface area contributed by atoms with Crippen molar-refractivity contribution < 1.29 is 4.73 Å². The van der Waals surface area contributed by atoms with Gasteiger partial charge in [0.25, 0.3) is 0 Å². The Morgan fingerprint density at radius 3 is 3.00 bits per heavy atom. The molecule has 0 radical (unpaired) electrons. The molecule has 15 heavy (non-hydrogen) atoms. The minimum absolute atomic E-state index is 0.827. The van der Waals surface area contributed by atoms with Crippen LogP contribution in [0.2, 0.25) is 0 Å². The van der Waals surface area contributed by atoms with Gasteiger partial charge in [0, 0.05) is 22.1 Å². The van der Waals surface area contributed by atoms with Crippen LogP contribution >= 0.6 is 23.5 Å². The molecule has 1 aliphatic heterocycles. The Hall–Kier alpha value is -1.20. The van der Waals surface area contributed by atoms with E-state index >= 15 is 0 Å². The van der Waals surface area contributed by atoms with E-state index in [4.69, 9.17) is 0 Å². The van der Waals surface area contributed by atoms with Crippen LogP contribution < -0.4 is 4.73 Å². The summed E-state index contributed by atoms with van der Waals surface area (Å²) in [5.41, 5.74) is 0. The summed E-state index contributed by atoms with van der Waals surface area (Å²) in [4.78, 5) is 7.50. The zero-order valence-corrected chi connectivity index (χ0v) is 9.22. The average molecular weight is 234 g/mol. The molecule has 0 atom stereocenters. The first-order chi connectivity index (χ1) is 7.33. The van der Waals surface area contributed by atoms with Crippen molar-refractivity contribution >= 4 is 23.5 Å². The van der Waals surface area contributed by atoms with Gasteiger partial charge in [-0.25, -0.2) is 4.98 Å². The zero-order valence-electron chi connectivity index (χ0n) is 7.58. The molecule has 3 nitrogen and oxygen atoms in total. The largest absolute Gasteiger partial charge is 0.619 e. The predicted molar refractivity (Wildman–Crippen MR) is 57.9 cm³/mol. The summed E-state index contributed by atoms with van der Waals surface area (Å²) in [6.07, 6.45) is 4.90. The SMILES string of the molecule is [O-][n+]1ccc2c(c1)Sc1cccnc1S2. The van der Waals surface area contributed by atoms with Gasteiger partial charge in [-0.1, -0.05) is 23.5 Å². The summed E-state index contributed by atoms with van der Waals surface area (Å²) in [7, 11) is 0. The molecule has 0 fully saturated rings. The van der Waals surface area contributed by atoms with Crippen LogP contribution in [-0.2, 0) is 0 Å². The van der Waals surface area contributed by atoms with Crippen LogP contribution in [0, 0.1) is 5.21 Å². The van der Waals surface area contributed by atoms with Crippen LogP contribution in [0.5, 0.6) is 0 Å². The lowest BCUT2D eigenvalue weighted by molar-refractivity contribution is -0.608. The maximum absolute atomic E-state index is 11.1. The monoisotopic (exact) mass is 234 g/mol. The number of aromatic nitrogens is 2. The highest BCUT2D eigenvalue weighted by atomic mass is 32.2. The lowest BCUT2D eigenvalue weighted by Gasteiger charge is -2.15. The number of nitrogens with zero attached hydrogens (tertiary/aromatic N) is 2. The Balaban J connectivity index is 2.11. The van der Waals surface area contributed by atoms with E-state index in [2.05, 4.69) is 4.98 Å². The topological polar surface area (TPSA) is 39.8 Å². The molecule has 5 heteroatoms. The molecule has 0 aliphatic carbocycles. The molecule has 0 unspecified atom stereocenters. The molecule has 2 aromatic heterocycles. The second-order valence-electron chi connectivity index (χ2n) is 3.04. The van der Waals surface area contributed by atoms with Gasteiger partial charge in [-0.15, -0.1) is 0 Å². The Kier molecular flexibility index (Phi) is 2.07. The Bertz CT molecular complexity index is 531. The minimum Gasteiger partial charge on any atom is -0.619 e. The maximum Gasteiger partial charge on any atom is 0.195 e. The van der Waals surface area contributed by atoms with Crippen molar-refractivity contribution in [3.63, 3.8) is 0 Å². The third-order valence-corrected chi connectivity index (χ3v) is 4.47. The molecule has 1 aliphatic rings. The third kappa shape index (κ3) is 1.57. The fraction of sp³-hybridized carbons (Fsp3) is 0. The van der Waals surface area contributed by atoms with Gasteiger partial charge in [0.2, 0.25) is 0 Å². The zero-order chi connectivity index (χ0) is 10.3. The van der Waals surface area contributed by atoms with Crippen LogP contribution in [-0.4, -0.2) is 4.98 Å². The van der Waals surface area contributed by atoms with Crippen molar-refractivity contribution in [2.75, 3.05) is 0 Å². The van der Waals surface area contributed by atoms with E-state index in [1.807, 2.05) is 18.2 Å². The fourth-order valence-corrected chi connectivity index (χ4v) is 3.48. The van der Waals surface area contributed by atoms with Crippen LogP contribution in [0.4, 0.5) is 0 Å². The molecule has 0 bridgehead atoms. The highest BCUT2D eigenvalue weighted by molar-refractivity contribution is 8.05. The molecule has 0 saturated heterocycles. The molecule has 0 aromatic carbocycles. The number of rotatable bonds is 0. The van der Waals surface area contributed by atoms with Gasteiger partial charge in [-0.05, 0) is 12.1 Å². The first-order valence-electron chi connectivity index (χ1n) is 4.36. The lowest BCUT2D eigenvalue weighted by Crippen LogP contribution is -2.24. The molecule has 3 rings (SSSR count). The molecule has 3 heterocycles. The molecular formula is C10H6N2OS2. The van der Waals surface area contributed by atoms with Crippen LogP contribution in [0.3, 0.4) is 0 Å². The summed E-state index contributed by atoms with van der Waals surface area (Å²) in [6, 6.07) is 5.76. The van der Waals surface area contributed by atoms with Gasteiger partial charge in [-0.3, -0.25) is 0 Å². The normalized spacial score (nSPS) is 13.1. The van der Waals surface area contributed by atoms with Crippen LogP contribution in [0.1, 0.15) is 0 Å². The first kappa shape index (κ1) is 9.06. The molecular weight excluding hydrogens is 228 g/mol. The van der Waals surface area contributed by atoms with Crippen molar-refractivity contribution in [3.05, 3.63) is 42.0 Å². The quantitative estimate of drug-likeness (QED) is 0.442. The van der Waals surface area contributed by atoms with E-state index in [1.54, 1.807) is 35.9 Å².